The highest BCUT2D eigenvalue weighted by atomic mass is 19.4. The van der Waals surface area contributed by atoms with E-state index >= 15 is 0 Å². The number of hydrogen-bond acceptors (Lipinski definition) is 2. The van der Waals surface area contributed by atoms with E-state index in [9.17, 15) is 13.2 Å². The molecule has 0 aliphatic rings. The van der Waals surface area contributed by atoms with E-state index < -0.39 is 6.36 Å². The van der Waals surface area contributed by atoms with E-state index in [0.29, 0.717) is 12.0 Å². The van der Waals surface area contributed by atoms with Gasteiger partial charge in [0.15, 0.2) is 0 Å². The third-order valence-electron chi connectivity index (χ3n) is 1.72. The molecule has 0 heterocycles. The van der Waals surface area contributed by atoms with Crippen molar-refractivity contribution in [3.63, 3.8) is 0 Å². The second-order valence-electron chi connectivity index (χ2n) is 3.08. The first-order valence-corrected chi connectivity index (χ1v) is 4.87. The van der Waals surface area contributed by atoms with Gasteiger partial charge in [-0.1, -0.05) is 17.0 Å². The zero-order chi connectivity index (χ0) is 13.4. The molecule has 0 spiro atoms. The Balaban J connectivity index is 2.57. The van der Waals surface area contributed by atoms with Gasteiger partial charge in [-0.15, -0.1) is 13.2 Å². The van der Waals surface area contributed by atoms with Crippen molar-refractivity contribution in [3.8, 4) is 17.6 Å². The van der Waals surface area contributed by atoms with Crippen LogP contribution in [0.15, 0.2) is 29.4 Å². The van der Waals surface area contributed by atoms with Gasteiger partial charge in [0.2, 0.25) is 0 Å². The average molecular weight is 255 g/mol. The third-order valence-corrected chi connectivity index (χ3v) is 1.72. The molecule has 1 aromatic rings. The molecule has 94 valence electrons. The van der Waals surface area contributed by atoms with Crippen LogP contribution in [-0.4, -0.2) is 12.9 Å². The summed E-state index contributed by atoms with van der Waals surface area (Å²) >= 11 is 0. The van der Waals surface area contributed by atoms with Gasteiger partial charge in [0.25, 0.3) is 0 Å². The lowest BCUT2D eigenvalue weighted by Crippen LogP contribution is -2.16. The molecule has 0 aliphatic heterocycles. The van der Waals surface area contributed by atoms with E-state index in [1.165, 1.54) is 24.3 Å². The highest BCUT2D eigenvalue weighted by molar-refractivity contribution is 5.38. The molecule has 0 bridgehead atoms. The Hall–Kier alpha value is -2.32. The maximum atomic E-state index is 11.9. The van der Waals surface area contributed by atoms with Crippen LogP contribution in [-0.2, 0) is 0 Å². The van der Waals surface area contributed by atoms with Gasteiger partial charge in [-0.25, -0.2) is 0 Å². The van der Waals surface area contributed by atoms with E-state index in [1.807, 2.05) is 0 Å². The van der Waals surface area contributed by atoms with Crippen molar-refractivity contribution in [2.24, 2.45) is 5.11 Å². The van der Waals surface area contributed by atoms with Gasteiger partial charge in [-0.05, 0) is 29.8 Å². The van der Waals surface area contributed by atoms with Crippen molar-refractivity contribution >= 4 is 0 Å². The van der Waals surface area contributed by atoms with Gasteiger partial charge < -0.3 is 4.74 Å². The fourth-order valence-corrected chi connectivity index (χ4v) is 1.06. The molecular formula is C11H8F3N3O. The Morgan fingerprint density at radius 3 is 2.50 bits per heavy atom. The topological polar surface area (TPSA) is 58.0 Å². The van der Waals surface area contributed by atoms with E-state index in [-0.39, 0.29) is 12.3 Å². The Kier molecular flexibility index (Phi) is 4.90. The van der Waals surface area contributed by atoms with Crippen LogP contribution in [0.2, 0.25) is 0 Å². The summed E-state index contributed by atoms with van der Waals surface area (Å²) in [6.45, 7) is 0.263. The second kappa shape index (κ2) is 6.42. The smallest absolute Gasteiger partial charge is 0.406 e. The maximum absolute atomic E-state index is 11.9. The summed E-state index contributed by atoms with van der Waals surface area (Å²) in [5, 5.41) is 3.29. The first-order valence-electron chi connectivity index (χ1n) is 4.87. The summed E-state index contributed by atoms with van der Waals surface area (Å²) in [4.78, 5) is 2.56. The van der Waals surface area contributed by atoms with Crippen molar-refractivity contribution in [3.05, 3.63) is 40.3 Å². The van der Waals surface area contributed by atoms with Crippen LogP contribution in [0, 0.1) is 11.8 Å². The number of benzene rings is 1. The molecule has 18 heavy (non-hydrogen) atoms. The molecule has 0 aromatic heterocycles. The van der Waals surface area contributed by atoms with Gasteiger partial charge in [-0.3, -0.25) is 0 Å². The summed E-state index contributed by atoms with van der Waals surface area (Å²) in [6.07, 6.45) is -4.30. The molecule has 0 unspecified atom stereocenters. The summed E-state index contributed by atoms with van der Waals surface area (Å²) in [5.74, 6) is 5.16. The molecule has 0 amide bonds. The van der Waals surface area contributed by atoms with E-state index in [1.54, 1.807) is 0 Å². The molecule has 0 fully saturated rings. The van der Waals surface area contributed by atoms with E-state index in [4.69, 9.17) is 5.53 Å². The van der Waals surface area contributed by atoms with Crippen molar-refractivity contribution < 1.29 is 17.9 Å². The van der Waals surface area contributed by atoms with Crippen LogP contribution in [0.3, 0.4) is 0 Å². The van der Waals surface area contributed by atoms with Gasteiger partial charge in [-0.2, -0.15) is 0 Å². The Bertz CT molecular complexity index is 493. The minimum atomic E-state index is -4.69. The molecule has 0 saturated carbocycles. The number of halogens is 3. The van der Waals surface area contributed by atoms with Crippen molar-refractivity contribution in [1.82, 2.24) is 0 Å². The van der Waals surface area contributed by atoms with E-state index in [2.05, 4.69) is 26.6 Å². The molecule has 0 atom stereocenters. The average Bonchev–Trinajstić information content (AvgIpc) is 2.29. The van der Waals surface area contributed by atoms with Crippen molar-refractivity contribution in [1.29, 1.82) is 0 Å². The predicted molar refractivity (Wildman–Crippen MR) is 58.6 cm³/mol. The highest BCUT2D eigenvalue weighted by Crippen LogP contribution is 2.22. The first-order chi connectivity index (χ1) is 8.51. The lowest BCUT2D eigenvalue weighted by atomic mass is 10.2. The van der Waals surface area contributed by atoms with Crippen molar-refractivity contribution in [2.75, 3.05) is 6.54 Å². The molecule has 0 radical (unpaired) electrons. The standard InChI is InChI=1S/C11H8F3N3O/c12-11(13,14)18-10-6-4-9(5-7-10)3-1-2-8-16-17-15/h4-7H,2,8H2. The summed E-state index contributed by atoms with van der Waals surface area (Å²) < 4.78 is 39.3. The molecule has 0 aliphatic carbocycles. The molecular weight excluding hydrogens is 247 g/mol. The zero-order valence-electron chi connectivity index (χ0n) is 9.11. The Labute approximate surface area is 101 Å². The van der Waals surface area contributed by atoms with Gasteiger partial charge in [0.05, 0.1) is 0 Å². The lowest BCUT2D eigenvalue weighted by molar-refractivity contribution is -0.274. The van der Waals surface area contributed by atoms with Gasteiger partial charge in [0, 0.05) is 23.4 Å². The van der Waals surface area contributed by atoms with Crippen LogP contribution in [0.25, 0.3) is 10.4 Å². The van der Waals surface area contributed by atoms with Crippen LogP contribution in [0.1, 0.15) is 12.0 Å². The normalized spacial score (nSPS) is 9.94. The number of ether oxygens (including phenoxy) is 1. The molecule has 4 nitrogen and oxygen atoms in total. The van der Waals surface area contributed by atoms with Crippen LogP contribution < -0.4 is 4.74 Å². The minimum Gasteiger partial charge on any atom is -0.406 e. The number of rotatable bonds is 3. The maximum Gasteiger partial charge on any atom is 0.573 e. The molecule has 1 aromatic carbocycles. The zero-order valence-corrected chi connectivity index (χ0v) is 9.11. The fourth-order valence-electron chi connectivity index (χ4n) is 1.06. The van der Waals surface area contributed by atoms with Crippen LogP contribution in [0.4, 0.5) is 13.2 Å². The van der Waals surface area contributed by atoms with E-state index in [0.717, 1.165) is 0 Å². The monoisotopic (exact) mass is 255 g/mol. The molecule has 0 saturated heterocycles. The second-order valence-corrected chi connectivity index (χ2v) is 3.08. The number of hydrogen-bond donors (Lipinski definition) is 0. The van der Waals surface area contributed by atoms with Crippen molar-refractivity contribution in [2.45, 2.75) is 12.8 Å². The summed E-state index contributed by atoms with van der Waals surface area (Å²) in [5.41, 5.74) is 8.57. The Morgan fingerprint density at radius 1 is 1.28 bits per heavy atom. The van der Waals surface area contributed by atoms with Crippen LogP contribution >= 0.6 is 0 Å². The van der Waals surface area contributed by atoms with Crippen LogP contribution in [0.5, 0.6) is 5.75 Å². The summed E-state index contributed by atoms with van der Waals surface area (Å²) in [7, 11) is 0. The predicted octanol–water partition coefficient (Wildman–Crippen LogP) is 3.64. The van der Waals surface area contributed by atoms with Gasteiger partial charge in [0.1, 0.15) is 5.75 Å². The molecule has 0 N–H and O–H groups in total. The summed E-state index contributed by atoms with van der Waals surface area (Å²) in [6, 6.07) is 5.21. The Morgan fingerprint density at radius 2 is 1.94 bits per heavy atom. The van der Waals surface area contributed by atoms with Gasteiger partial charge >= 0.3 is 6.36 Å². The SMILES string of the molecule is [N-]=[N+]=NCCC#Cc1ccc(OC(F)(F)F)cc1. The largest absolute Gasteiger partial charge is 0.573 e. The molecule has 7 heteroatoms. The number of alkyl halides is 3. The third kappa shape index (κ3) is 5.68. The highest BCUT2D eigenvalue weighted by Gasteiger charge is 2.30. The lowest BCUT2D eigenvalue weighted by Gasteiger charge is -2.07. The number of azide groups is 1. The molecule has 1 rings (SSSR count). The number of nitrogens with zero attached hydrogens (tertiary/aromatic N) is 3. The first kappa shape index (κ1) is 13.7. The fraction of sp³-hybridized carbons (Fsp3) is 0.273. The quantitative estimate of drug-likeness (QED) is 0.267. The minimum absolute atomic E-state index is 0.263.